The van der Waals surface area contributed by atoms with Gasteiger partial charge in [0.15, 0.2) is 10.2 Å². The fourth-order valence-corrected chi connectivity index (χ4v) is 6.93. The Morgan fingerprint density at radius 3 is 2.03 bits per heavy atom. The number of carbonyl (C=O) groups excluding carboxylic acids is 3. The van der Waals surface area contributed by atoms with Gasteiger partial charge in [-0.25, -0.2) is 9.59 Å². The van der Waals surface area contributed by atoms with Gasteiger partial charge in [0.25, 0.3) is 0 Å². The van der Waals surface area contributed by atoms with Crippen LogP contribution >= 0.6 is 23.5 Å². The summed E-state index contributed by atoms with van der Waals surface area (Å²) in [6, 6.07) is 17.2. The molecule has 7 nitrogen and oxygen atoms in total. The summed E-state index contributed by atoms with van der Waals surface area (Å²) >= 11 is 3.05. The predicted octanol–water partition coefficient (Wildman–Crippen LogP) is 3.53. The summed E-state index contributed by atoms with van der Waals surface area (Å²) in [5.41, 5.74) is 0.797. The summed E-state index contributed by atoms with van der Waals surface area (Å²) in [6.45, 7) is 1.15. The van der Waals surface area contributed by atoms with E-state index in [9.17, 15) is 14.4 Å². The van der Waals surface area contributed by atoms with E-state index in [2.05, 4.69) is 0 Å². The highest BCUT2D eigenvalue weighted by Gasteiger charge is 2.63. The molecule has 32 heavy (non-hydrogen) atoms. The normalized spacial score (nSPS) is 23.6. The third-order valence-corrected chi connectivity index (χ3v) is 8.54. The van der Waals surface area contributed by atoms with Crippen LogP contribution in [0.15, 0.2) is 60.7 Å². The van der Waals surface area contributed by atoms with Crippen molar-refractivity contribution in [3.05, 3.63) is 71.8 Å². The van der Waals surface area contributed by atoms with Crippen LogP contribution in [0.5, 0.6) is 0 Å². The van der Waals surface area contributed by atoms with Gasteiger partial charge in [-0.15, -0.1) is 23.5 Å². The lowest BCUT2D eigenvalue weighted by Gasteiger charge is -2.31. The van der Waals surface area contributed by atoms with Crippen LogP contribution in [0.4, 0.5) is 0 Å². The van der Waals surface area contributed by atoms with E-state index in [1.165, 1.54) is 30.4 Å². The lowest BCUT2D eigenvalue weighted by molar-refractivity contribution is -0.175. The summed E-state index contributed by atoms with van der Waals surface area (Å²) in [5, 5.41) is 0. The van der Waals surface area contributed by atoms with Crippen LogP contribution in [0.2, 0.25) is 0 Å². The second kappa shape index (κ2) is 9.97. The lowest BCUT2D eigenvalue weighted by atomic mass is 10.1. The predicted molar refractivity (Wildman–Crippen MR) is 120 cm³/mol. The zero-order chi connectivity index (χ0) is 22.6. The van der Waals surface area contributed by atoms with E-state index in [0.29, 0.717) is 11.1 Å². The number of carbonyl (C=O) groups is 3. The highest BCUT2D eigenvalue weighted by molar-refractivity contribution is 8.21. The van der Waals surface area contributed by atoms with E-state index in [1.807, 2.05) is 6.07 Å². The maximum absolute atomic E-state index is 12.9. The highest BCUT2D eigenvalue weighted by Crippen LogP contribution is 2.56. The van der Waals surface area contributed by atoms with Gasteiger partial charge in [0.05, 0.1) is 11.1 Å². The molecule has 0 aliphatic carbocycles. The van der Waals surface area contributed by atoms with Crippen LogP contribution in [-0.4, -0.2) is 58.6 Å². The fraction of sp³-hybridized carbons (Fsp3) is 0.348. The number of ether oxygens (including phenoxy) is 4. The van der Waals surface area contributed by atoms with Crippen LogP contribution in [0.3, 0.4) is 0 Å². The molecule has 2 fully saturated rings. The molecule has 2 heterocycles. The molecule has 2 aliphatic rings. The zero-order valence-electron chi connectivity index (χ0n) is 17.3. The van der Waals surface area contributed by atoms with Gasteiger partial charge in [0.1, 0.15) is 12.7 Å². The minimum Gasteiger partial charge on any atom is -0.459 e. The van der Waals surface area contributed by atoms with E-state index in [1.54, 1.807) is 54.6 Å². The molecule has 4 rings (SSSR count). The van der Waals surface area contributed by atoms with E-state index in [-0.39, 0.29) is 6.61 Å². The molecular weight excluding hydrogens is 452 g/mol. The SMILES string of the molecule is CC(=O)OC1O[C@H](COC(=O)c2ccccc2)[C@@H](OC(=O)c2ccccc2)C12SCCS2. The van der Waals surface area contributed by atoms with Crippen molar-refractivity contribution in [1.29, 1.82) is 0 Å². The standard InChI is InChI=1S/C23H22O7S2/c1-15(24)28-22-23(31-12-13-32-23)19(30-21(26)17-10-6-3-7-11-17)18(29-22)14-27-20(25)16-8-4-2-5-9-16/h2-11,18-19,22H,12-14H2,1H3/t18-,19-,22?/m1/s1. The van der Waals surface area contributed by atoms with Gasteiger partial charge in [0, 0.05) is 18.4 Å². The molecule has 1 unspecified atom stereocenters. The molecule has 0 radical (unpaired) electrons. The number of hydrogen-bond acceptors (Lipinski definition) is 9. The molecule has 9 heteroatoms. The number of thioether (sulfide) groups is 2. The summed E-state index contributed by atoms with van der Waals surface area (Å²) < 4.78 is 22.0. The van der Waals surface area contributed by atoms with Gasteiger partial charge >= 0.3 is 17.9 Å². The van der Waals surface area contributed by atoms with Crippen molar-refractivity contribution in [3.63, 3.8) is 0 Å². The molecule has 0 bridgehead atoms. The first-order valence-corrected chi connectivity index (χ1v) is 12.1. The Bertz CT molecular complexity index is 961. The second-order valence-electron chi connectivity index (χ2n) is 7.19. The number of hydrogen-bond donors (Lipinski definition) is 0. The van der Waals surface area contributed by atoms with Crippen LogP contribution in [-0.2, 0) is 23.7 Å². The van der Waals surface area contributed by atoms with E-state index in [4.69, 9.17) is 18.9 Å². The third-order valence-electron chi connectivity index (χ3n) is 5.00. The molecule has 168 valence electrons. The first-order valence-electron chi connectivity index (χ1n) is 10.1. The largest absolute Gasteiger partial charge is 0.459 e. The van der Waals surface area contributed by atoms with Crippen molar-refractivity contribution in [2.24, 2.45) is 0 Å². The maximum Gasteiger partial charge on any atom is 0.338 e. The molecule has 2 aliphatic heterocycles. The topological polar surface area (TPSA) is 88.1 Å². The molecule has 1 spiro atoms. The van der Waals surface area contributed by atoms with Crippen molar-refractivity contribution >= 4 is 41.4 Å². The van der Waals surface area contributed by atoms with E-state index < -0.39 is 40.5 Å². The smallest absolute Gasteiger partial charge is 0.338 e. The molecule has 3 atom stereocenters. The second-order valence-corrected chi connectivity index (χ2v) is 10.2. The first kappa shape index (κ1) is 22.7. The number of esters is 3. The maximum atomic E-state index is 12.9. The monoisotopic (exact) mass is 474 g/mol. The molecule has 0 amide bonds. The van der Waals surface area contributed by atoms with Gasteiger partial charge < -0.3 is 18.9 Å². The number of rotatable bonds is 6. The van der Waals surface area contributed by atoms with Crippen molar-refractivity contribution in [3.8, 4) is 0 Å². The molecular formula is C23H22O7S2. The van der Waals surface area contributed by atoms with Crippen LogP contribution in [0.25, 0.3) is 0 Å². The van der Waals surface area contributed by atoms with Gasteiger partial charge in [-0.2, -0.15) is 0 Å². The van der Waals surface area contributed by atoms with Gasteiger partial charge in [-0.05, 0) is 24.3 Å². The molecule has 2 aromatic rings. The Hall–Kier alpha value is -2.49. The molecule has 0 N–H and O–H groups in total. The third kappa shape index (κ3) is 4.79. The Labute approximate surface area is 194 Å². The minimum absolute atomic E-state index is 0.152. The summed E-state index contributed by atoms with van der Waals surface area (Å²) in [5.74, 6) is 0.0229. The highest BCUT2D eigenvalue weighted by atomic mass is 32.2. The average molecular weight is 475 g/mol. The van der Waals surface area contributed by atoms with E-state index >= 15 is 0 Å². The first-order chi connectivity index (χ1) is 15.5. The summed E-state index contributed by atoms with van der Waals surface area (Å²) in [7, 11) is 0. The molecule has 2 saturated heterocycles. The van der Waals surface area contributed by atoms with Gasteiger partial charge in [0.2, 0.25) is 6.29 Å². The number of benzene rings is 2. The Morgan fingerprint density at radius 1 is 0.906 bits per heavy atom. The summed E-state index contributed by atoms with van der Waals surface area (Å²) in [6.07, 6.45) is -2.52. The average Bonchev–Trinajstić information content (AvgIpc) is 3.40. The lowest BCUT2D eigenvalue weighted by Crippen LogP contribution is -2.46. The Balaban J connectivity index is 1.56. The van der Waals surface area contributed by atoms with Crippen LogP contribution < -0.4 is 0 Å². The van der Waals surface area contributed by atoms with Crippen LogP contribution in [0, 0.1) is 0 Å². The quantitative estimate of drug-likeness (QED) is 0.461. The summed E-state index contributed by atoms with van der Waals surface area (Å²) in [4.78, 5) is 37.0. The van der Waals surface area contributed by atoms with Crippen molar-refractivity contribution < 1.29 is 33.3 Å². The van der Waals surface area contributed by atoms with Crippen molar-refractivity contribution in [2.45, 2.75) is 29.5 Å². The van der Waals surface area contributed by atoms with Gasteiger partial charge in [-0.3, -0.25) is 4.79 Å². The fourth-order valence-electron chi connectivity index (χ4n) is 3.58. The zero-order valence-corrected chi connectivity index (χ0v) is 18.9. The molecule has 0 aromatic heterocycles. The Morgan fingerprint density at radius 2 is 1.47 bits per heavy atom. The Kier molecular flexibility index (Phi) is 7.07. The van der Waals surface area contributed by atoms with Gasteiger partial charge in [-0.1, -0.05) is 36.4 Å². The van der Waals surface area contributed by atoms with Crippen molar-refractivity contribution in [2.75, 3.05) is 18.1 Å². The molecule has 2 aromatic carbocycles. The van der Waals surface area contributed by atoms with E-state index in [0.717, 1.165) is 11.5 Å². The van der Waals surface area contributed by atoms with Crippen LogP contribution in [0.1, 0.15) is 27.6 Å². The minimum atomic E-state index is -0.938. The van der Waals surface area contributed by atoms with Crippen molar-refractivity contribution in [1.82, 2.24) is 0 Å². The molecule has 0 saturated carbocycles.